The largest absolute Gasteiger partial charge is 0.505 e. The van der Waals surface area contributed by atoms with Gasteiger partial charge in [-0.05, 0) is 48.6 Å². The lowest BCUT2D eigenvalue weighted by molar-refractivity contribution is 0.414. The molecular formula is C24H17BrClN3O4S. The number of hydrogen-bond donors (Lipinski definition) is 1. The standard InChI is InChI=1S/C24H17BrClN3O4S/c1-32-12-4-5-14(15(6-12)11-2-3-11)22-28-23-19(24(31)29(22)9-13-8-27-10-33-13)18-16(25)7-17(26)20(30)21(18)34-23/h4-8,10-11,30H,2-3,9H2,1H3. The predicted octanol–water partition coefficient (Wildman–Crippen LogP) is 6.32. The number of rotatable bonds is 5. The number of oxazole rings is 1. The molecule has 6 rings (SSSR count). The molecular weight excluding hydrogens is 542 g/mol. The molecule has 0 bridgehead atoms. The lowest BCUT2D eigenvalue weighted by Gasteiger charge is -2.15. The number of ether oxygens (including phenoxy) is 1. The molecule has 0 spiro atoms. The Hall–Kier alpha value is -2.88. The second-order valence-electron chi connectivity index (χ2n) is 8.20. The first-order valence-corrected chi connectivity index (χ1v) is 12.5. The molecule has 1 aliphatic rings. The molecule has 3 heterocycles. The van der Waals surface area contributed by atoms with Crippen molar-refractivity contribution in [3.8, 4) is 22.9 Å². The highest BCUT2D eigenvalue weighted by molar-refractivity contribution is 9.10. The maximum absolute atomic E-state index is 14.0. The summed E-state index contributed by atoms with van der Waals surface area (Å²) in [5.74, 6) is 2.17. The Morgan fingerprint density at radius 3 is 2.85 bits per heavy atom. The van der Waals surface area contributed by atoms with Crippen molar-refractivity contribution in [3.05, 3.63) is 68.0 Å². The number of phenols is 1. The van der Waals surface area contributed by atoms with Gasteiger partial charge in [0.05, 0.1) is 35.0 Å². The van der Waals surface area contributed by atoms with Crippen molar-refractivity contribution in [2.24, 2.45) is 0 Å². The zero-order valence-corrected chi connectivity index (χ0v) is 21.0. The second-order valence-corrected chi connectivity index (χ2v) is 10.5. The number of fused-ring (bicyclic) bond motifs is 3. The van der Waals surface area contributed by atoms with E-state index in [0.717, 1.165) is 29.7 Å². The minimum atomic E-state index is -0.234. The molecule has 3 aromatic heterocycles. The van der Waals surface area contributed by atoms with Crippen LogP contribution in [0.15, 0.2) is 50.5 Å². The number of hydrogen-bond acceptors (Lipinski definition) is 7. The number of aromatic hydroxyl groups is 1. The maximum atomic E-state index is 14.0. The number of benzene rings is 2. The molecule has 1 aliphatic carbocycles. The van der Waals surface area contributed by atoms with Gasteiger partial charge in [0.15, 0.2) is 12.1 Å². The molecule has 172 valence electrons. The van der Waals surface area contributed by atoms with Crippen LogP contribution in [0.1, 0.15) is 30.1 Å². The summed E-state index contributed by atoms with van der Waals surface area (Å²) in [7, 11) is 1.64. The predicted molar refractivity (Wildman–Crippen MR) is 135 cm³/mol. The van der Waals surface area contributed by atoms with Gasteiger partial charge in [0.2, 0.25) is 0 Å². The Morgan fingerprint density at radius 1 is 1.32 bits per heavy atom. The first-order valence-electron chi connectivity index (χ1n) is 10.6. The van der Waals surface area contributed by atoms with E-state index in [4.69, 9.17) is 25.7 Å². The van der Waals surface area contributed by atoms with Gasteiger partial charge in [0.25, 0.3) is 5.56 Å². The average molecular weight is 559 g/mol. The summed E-state index contributed by atoms with van der Waals surface area (Å²) in [5.41, 5.74) is 1.74. The Balaban J connectivity index is 1.70. The number of thiophene rings is 1. The van der Waals surface area contributed by atoms with Gasteiger partial charge in [0.1, 0.15) is 22.2 Å². The van der Waals surface area contributed by atoms with Gasteiger partial charge in [0, 0.05) is 15.4 Å². The summed E-state index contributed by atoms with van der Waals surface area (Å²) < 4.78 is 13.7. The molecule has 10 heteroatoms. The number of methoxy groups -OCH3 is 1. The van der Waals surface area contributed by atoms with Crippen LogP contribution in [-0.2, 0) is 6.54 Å². The van der Waals surface area contributed by atoms with Crippen molar-refractivity contribution in [2.45, 2.75) is 25.3 Å². The minimum Gasteiger partial charge on any atom is -0.505 e. The molecule has 0 amide bonds. The summed E-state index contributed by atoms with van der Waals surface area (Å²) >= 11 is 11.0. The third-order valence-corrected chi connectivity index (χ3v) is 8.06. The number of phenolic OH excluding ortho intramolecular Hbond substituents is 1. The molecule has 0 atom stereocenters. The van der Waals surface area contributed by atoms with Gasteiger partial charge in [-0.3, -0.25) is 9.36 Å². The molecule has 0 radical (unpaired) electrons. The van der Waals surface area contributed by atoms with Crippen molar-refractivity contribution in [3.63, 3.8) is 0 Å². The van der Waals surface area contributed by atoms with Crippen molar-refractivity contribution in [2.75, 3.05) is 7.11 Å². The topological polar surface area (TPSA) is 90.4 Å². The van der Waals surface area contributed by atoms with Gasteiger partial charge >= 0.3 is 0 Å². The van der Waals surface area contributed by atoms with Crippen LogP contribution >= 0.6 is 38.9 Å². The summed E-state index contributed by atoms with van der Waals surface area (Å²) in [6.45, 7) is 0.168. The van der Waals surface area contributed by atoms with Crippen LogP contribution in [0.4, 0.5) is 0 Å². The maximum Gasteiger partial charge on any atom is 0.263 e. The molecule has 1 N–H and O–H groups in total. The molecule has 34 heavy (non-hydrogen) atoms. The quantitative estimate of drug-likeness (QED) is 0.271. The van der Waals surface area contributed by atoms with E-state index in [2.05, 4.69) is 20.9 Å². The molecule has 0 aliphatic heterocycles. The Morgan fingerprint density at radius 2 is 2.15 bits per heavy atom. The number of nitrogens with zero attached hydrogens (tertiary/aromatic N) is 3. The number of aromatic nitrogens is 3. The fourth-order valence-corrected chi connectivity index (χ4v) is 6.56. The van der Waals surface area contributed by atoms with E-state index in [9.17, 15) is 9.90 Å². The first kappa shape index (κ1) is 21.6. The van der Waals surface area contributed by atoms with Crippen molar-refractivity contribution >= 4 is 59.2 Å². The fourth-order valence-electron chi connectivity index (χ4n) is 4.27. The third kappa shape index (κ3) is 3.41. The Bertz CT molecular complexity index is 1640. The van der Waals surface area contributed by atoms with Gasteiger partial charge in [-0.25, -0.2) is 9.97 Å². The van der Waals surface area contributed by atoms with Crippen LogP contribution in [0.25, 0.3) is 31.7 Å². The third-order valence-electron chi connectivity index (χ3n) is 6.06. The van der Waals surface area contributed by atoms with Crippen LogP contribution in [0.3, 0.4) is 0 Å². The van der Waals surface area contributed by atoms with Gasteiger partial charge in [-0.15, -0.1) is 11.3 Å². The molecule has 0 saturated heterocycles. The second kappa shape index (κ2) is 8.11. The zero-order valence-electron chi connectivity index (χ0n) is 17.8. The van der Waals surface area contributed by atoms with Crippen LogP contribution in [-0.4, -0.2) is 26.8 Å². The lowest BCUT2D eigenvalue weighted by atomic mass is 10.0. The van der Waals surface area contributed by atoms with Crippen molar-refractivity contribution in [1.82, 2.24) is 14.5 Å². The first-order chi connectivity index (χ1) is 16.5. The van der Waals surface area contributed by atoms with E-state index in [0.29, 0.717) is 42.3 Å². The van der Waals surface area contributed by atoms with Crippen LogP contribution < -0.4 is 10.3 Å². The highest BCUT2D eigenvalue weighted by Gasteiger charge is 2.30. The van der Waals surface area contributed by atoms with E-state index in [-0.39, 0.29) is 22.9 Å². The molecule has 1 saturated carbocycles. The summed E-state index contributed by atoms with van der Waals surface area (Å²) in [5, 5.41) is 11.8. The summed E-state index contributed by atoms with van der Waals surface area (Å²) in [6, 6.07) is 7.45. The van der Waals surface area contributed by atoms with E-state index in [1.165, 1.54) is 17.7 Å². The van der Waals surface area contributed by atoms with Gasteiger partial charge in [-0.1, -0.05) is 27.5 Å². The minimum absolute atomic E-state index is 0.0614. The van der Waals surface area contributed by atoms with Crippen LogP contribution in [0.5, 0.6) is 11.5 Å². The molecule has 5 aromatic rings. The normalized spacial score (nSPS) is 13.7. The van der Waals surface area contributed by atoms with Crippen molar-refractivity contribution in [1.29, 1.82) is 0 Å². The molecule has 7 nitrogen and oxygen atoms in total. The van der Waals surface area contributed by atoms with Crippen LogP contribution in [0, 0.1) is 0 Å². The lowest BCUT2D eigenvalue weighted by Crippen LogP contribution is -2.24. The zero-order chi connectivity index (χ0) is 23.6. The highest BCUT2D eigenvalue weighted by atomic mass is 79.9. The summed E-state index contributed by atoms with van der Waals surface area (Å²) in [4.78, 5) is 23.5. The number of halogens is 2. The van der Waals surface area contributed by atoms with E-state index in [1.54, 1.807) is 23.9 Å². The average Bonchev–Trinajstić information content (AvgIpc) is 3.40. The fraction of sp³-hybridized carbons (Fsp3) is 0.208. The van der Waals surface area contributed by atoms with Gasteiger partial charge < -0.3 is 14.3 Å². The molecule has 0 unspecified atom stereocenters. The Labute approximate surface area is 210 Å². The van der Waals surface area contributed by atoms with Gasteiger partial charge in [-0.2, -0.15) is 0 Å². The van der Waals surface area contributed by atoms with Crippen LogP contribution in [0.2, 0.25) is 5.02 Å². The van der Waals surface area contributed by atoms with E-state index in [1.807, 2.05) is 18.2 Å². The van der Waals surface area contributed by atoms with Crippen molar-refractivity contribution < 1.29 is 14.3 Å². The van der Waals surface area contributed by atoms with E-state index >= 15 is 0 Å². The molecule has 1 fully saturated rings. The molecule has 2 aromatic carbocycles. The Kier molecular flexibility index (Phi) is 5.16. The highest BCUT2D eigenvalue weighted by Crippen LogP contribution is 2.47. The van der Waals surface area contributed by atoms with E-state index < -0.39 is 0 Å². The SMILES string of the molecule is COc1ccc(-c2nc3sc4c(O)c(Cl)cc(Br)c4c3c(=O)n2Cc2cnco2)c(C2CC2)c1. The smallest absolute Gasteiger partial charge is 0.263 e. The monoisotopic (exact) mass is 557 g/mol. The summed E-state index contributed by atoms with van der Waals surface area (Å²) in [6.07, 6.45) is 5.09.